The Morgan fingerprint density at radius 1 is 0.492 bits per heavy atom. The fraction of sp³-hybridized carbons (Fsp3) is 0.345. The number of hydrogen-bond donors (Lipinski definition) is 0. The molecule has 7 heteroatoms. The summed E-state index contributed by atoms with van der Waals surface area (Å²) in [6, 6.07) is 54.6. The van der Waals surface area contributed by atoms with Gasteiger partial charge in [-0.1, -0.05) is 185 Å². The fourth-order valence-electron chi connectivity index (χ4n) is 10.4. The maximum atomic E-state index is 11.4. The smallest absolute Gasteiger partial charge is 0.0114 e. The molecule has 0 aromatic heterocycles. The van der Waals surface area contributed by atoms with E-state index in [1.807, 2.05) is 6.55 Å². The summed E-state index contributed by atoms with van der Waals surface area (Å²) in [5, 5.41) is 10.9. The second-order valence-corrected chi connectivity index (χ2v) is 26.8. The summed E-state index contributed by atoms with van der Waals surface area (Å²) < 4.78 is 34.3. The van der Waals surface area contributed by atoms with Crippen LogP contribution in [0, 0.1) is 11.8 Å². The topological polar surface area (TPSA) is 0 Å². The van der Waals surface area contributed by atoms with Crippen LogP contribution in [0.2, 0.25) is 12.6 Å². The molecule has 10 rings (SSSR count). The molecule has 0 radical (unpaired) electrons. The molecule has 0 N–H and O–H groups in total. The van der Waals surface area contributed by atoms with Crippen LogP contribution in [0.15, 0.2) is 146 Å². The quantitative estimate of drug-likeness (QED) is 0.0808. The molecule has 2 aliphatic rings. The third-order valence-electron chi connectivity index (χ3n) is 13.6. The molecule has 0 unspecified atom stereocenters. The molecule has 2 fully saturated rings. The van der Waals surface area contributed by atoms with Gasteiger partial charge in [0.2, 0.25) is 0 Å². The minimum absolute atomic E-state index is 0. The van der Waals surface area contributed by atoms with Gasteiger partial charge in [0.1, 0.15) is 0 Å². The average Bonchev–Trinajstić information content (AvgIpc) is 3.68. The maximum Gasteiger partial charge on any atom is -0.0114 e. The minimum Gasteiger partial charge on any atom is -1.00 e. The van der Waals surface area contributed by atoms with Crippen LogP contribution in [0.25, 0.3) is 65.3 Å². The predicted molar refractivity (Wildman–Crippen MR) is 262 cm³/mol. The van der Waals surface area contributed by atoms with Crippen molar-refractivity contribution in [2.45, 2.75) is 115 Å². The van der Waals surface area contributed by atoms with Crippen molar-refractivity contribution in [2.75, 3.05) is 0 Å². The van der Waals surface area contributed by atoms with Gasteiger partial charge in [-0.05, 0) is 57.3 Å². The van der Waals surface area contributed by atoms with E-state index in [0.717, 1.165) is 11.8 Å². The third-order valence-corrected chi connectivity index (χ3v) is 16.4. The summed E-state index contributed by atoms with van der Waals surface area (Å²) in [4.78, 5) is 0. The second-order valence-electron chi connectivity index (χ2n) is 18.4. The Labute approximate surface area is 412 Å². The molecule has 8 aromatic carbocycles. The number of halogens is 5. The van der Waals surface area contributed by atoms with Crippen molar-refractivity contribution >= 4 is 48.5 Å². The Morgan fingerprint density at radius 3 is 1.22 bits per heavy atom. The van der Waals surface area contributed by atoms with Gasteiger partial charge in [0, 0.05) is 0 Å². The molecular weight excluding hydrogens is 944 g/mol. The van der Waals surface area contributed by atoms with Crippen molar-refractivity contribution in [2.24, 2.45) is 11.8 Å². The third kappa shape index (κ3) is 13.8. The van der Waals surface area contributed by atoms with E-state index >= 15 is 0 Å². The Morgan fingerprint density at radius 2 is 0.846 bits per heavy atom. The van der Waals surface area contributed by atoms with Crippen molar-refractivity contribution in [3.63, 3.8) is 0 Å². The standard InChI is InChI=1S/2C27H27.C4H7F3Si.2ClH.Zr/c2*1-2-4-10-20(9-3-1)17-21-18-23-13-8-16-26(27(23)19-21)25-15-7-12-22-11-5-6-14-24(22)25;1-8-3-2-4(5,6)7;;;/h2*5-8,11-16,18-20H,1-4,9-10,17H2;2-3H2,1H3;2*1H;/q2*-1;;;;+2/p-2. The van der Waals surface area contributed by atoms with E-state index in [9.17, 15) is 13.2 Å². The number of fused-ring (bicyclic) bond motifs is 4. The van der Waals surface area contributed by atoms with Crippen molar-refractivity contribution in [3.05, 3.63) is 157 Å². The molecule has 0 heterocycles. The molecule has 0 amide bonds. The summed E-state index contributed by atoms with van der Waals surface area (Å²) >= 11 is 1.29. The summed E-state index contributed by atoms with van der Waals surface area (Å²) in [6.07, 6.45) is 15.1. The Kier molecular flexibility index (Phi) is 19.2. The van der Waals surface area contributed by atoms with Crippen LogP contribution in [-0.2, 0) is 36.2 Å². The Bertz CT molecular complexity index is 2560. The first kappa shape index (κ1) is 50.9. The van der Waals surface area contributed by atoms with Gasteiger partial charge in [-0.2, -0.15) is 12.1 Å². The van der Waals surface area contributed by atoms with Gasteiger partial charge >= 0.3 is 67.1 Å². The summed E-state index contributed by atoms with van der Waals surface area (Å²) in [7, 11) is 0. The molecular formula is C58H61Cl2F3SiZr-2. The minimum atomic E-state index is -3.93. The van der Waals surface area contributed by atoms with Gasteiger partial charge in [-0.25, -0.2) is 0 Å². The first-order valence-corrected chi connectivity index (χ1v) is 29.5. The van der Waals surface area contributed by atoms with E-state index in [1.54, 1.807) is 0 Å². The van der Waals surface area contributed by atoms with Crippen LogP contribution in [0.3, 0.4) is 0 Å². The van der Waals surface area contributed by atoms with Crippen LogP contribution in [0.1, 0.15) is 94.6 Å². The van der Waals surface area contributed by atoms with Gasteiger partial charge in [0.05, 0.1) is 0 Å². The van der Waals surface area contributed by atoms with Gasteiger partial charge < -0.3 is 24.8 Å². The van der Waals surface area contributed by atoms with E-state index in [0.29, 0.717) is 6.04 Å². The van der Waals surface area contributed by atoms with Crippen LogP contribution in [0.4, 0.5) is 13.2 Å². The average molecular weight is 1010 g/mol. The number of alkyl halides is 3. The zero-order valence-corrected chi connectivity index (χ0v) is 42.7. The van der Waals surface area contributed by atoms with Gasteiger partial charge in [-0.3, -0.25) is 0 Å². The maximum absolute atomic E-state index is 11.4. The first-order valence-electron chi connectivity index (χ1n) is 23.6. The van der Waals surface area contributed by atoms with Gasteiger partial charge in [0.25, 0.3) is 0 Å². The van der Waals surface area contributed by atoms with Crippen molar-refractivity contribution in [1.82, 2.24) is 0 Å². The molecule has 2 aliphatic carbocycles. The molecule has 0 spiro atoms. The van der Waals surface area contributed by atoms with Crippen molar-refractivity contribution in [1.29, 1.82) is 0 Å². The van der Waals surface area contributed by atoms with Crippen molar-refractivity contribution < 1.29 is 61.3 Å². The zero-order chi connectivity index (χ0) is 43.6. The van der Waals surface area contributed by atoms with Crippen LogP contribution in [-0.4, -0.2) is 11.6 Å². The Balaban J connectivity index is 0.000000177. The zero-order valence-electron chi connectivity index (χ0n) is 37.7. The summed E-state index contributed by atoms with van der Waals surface area (Å²) in [6.45, 7) is 1.93. The molecule has 0 bridgehead atoms. The molecule has 338 valence electrons. The number of hydrogen-bond acceptors (Lipinski definition) is 0. The van der Waals surface area contributed by atoms with Crippen LogP contribution in [0.5, 0.6) is 0 Å². The predicted octanol–water partition coefficient (Wildman–Crippen LogP) is 11.9. The Hall–Kier alpha value is -3.47. The largest absolute Gasteiger partial charge is 1.00 e. The van der Waals surface area contributed by atoms with E-state index in [-0.39, 0.29) is 24.8 Å². The number of benzene rings is 6. The molecule has 0 nitrogen and oxygen atoms in total. The van der Waals surface area contributed by atoms with Crippen LogP contribution < -0.4 is 24.8 Å². The van der Waals surface area contributed by atoms with Gasteiger partial charge in [0.15, 0.2) is 0 Å². The molecule has 2 saturated carbocycles. The van der Waals surface area contributed by atoms with Crippen molar-refractivity contribution in [3.8, 4) is 22.3 Å². The first-order chi connectivity index (χ1) is 30.7. The van der Waals surface area contributed by atoms with E-state index in [1.165, 1.54) is 190 Å². The molecule has 0 atom stereocenters. The SMILES string of the molecule is C[Si](=[Zr+2])CCC(F)(F)F.[Cl-].[Cl-].c1ccc2c(-c3cccc4[cH-]c(CC5CCCCCC5)cc34)cccc2c1.c1ccc2c(-c3cccc4[cH-]c(CC5CCCCCC5)cc34)cccc2c1. The van der Waals surface area contributed by atoms with E-state index < -0.39 is 18.0 Å². The van der Waals surface area contributed by atoms with Gasteiger partial charge in [-0.15, -0.1) is 69.1 Å². The fourth-order valence-corrected chi connectivity index (χ4v) is 11.9. The molecule has 65 heavy (non-hydrogen) atoms. The number of rotatable bonds is 8. The molecule has 0 aliphatic heterocycles. The normalized spacial score (nSPS) is 14.9. The second kappa shape index (κ2) is 24.5. The van der Waals surface area contributed by atoms with E-state index in [2.05, 4.69) is 146 Å². The molecule has 0 saturated heterocycles. The summed E-state index contributed by atoms with van der Waals surface area (Å²) in [5.74, 6) is 1.76. The molecule has 8 aromatic rings. The van der Waals surface area contributed by atoms with Crippen LogP contribution >= 0.6 is 0 Å². The monoisotopic (exact) mass is 1000 g/mol. The summed E-state index contributed by atoms with van der Waals surface area (Å²) in [5.41, 5.74) is 7.91. The van der Waals surface area contributed by atoms with E-state index in [4.69, 9.17) is 0 Å².